The van der Waals surface area contributed by atoms with Crippen molar-refractivity contribution in [3.05, 3.63) is 75.6 Å². The molecule has 0 radical (unpaired) electrons. The van der Waals surface area contributed by atoms with Gasteiger partial charge in [0.25, 0.3) is 0 Å². The van der Waals surface area contributed by atoms with E-state index in [1.54, 1.807) is 6.07 Å². The topological polar surface area (TPSA) is 71.8 Å². The van der Waals surface area contributed by atoms with Crippen LogP contribution in [0.15, 0.2) is 62.9 Å². The average molecular weight is 375 g/mol. The Morgan fingerprint density at radius 1 is 1.07 bits per heavy atom. The van der Waals surface area contributed by atoms with E-state index in [2.05, 4.69) is 21.2 Å². The van der Waals surface area contributed by atoms with E-state index < -0.39 is 0 Å². The lowest BCUT2D eigenvalue weighted by molar-refractivity contribution is 0.559. The molecule has 2 aromatic heterocycles. The molecule has 2 heterocycles. The summed E-state index contributed by atoms with van der Waals surface area (Å²) in [5, 5.41) is 8.95. The maximum absolute atomic E-state index is 12.0. The van der Waals surface area contributed by atoms with Gasteiger partial charge in [-0.15, -0.1) is 5.10 Å². The second-order valence-corrected chi connectivity index (χ2v) is 7.63. The van der Waals surface area contributed by atoms with E-state index in [1.165, 1.54) is 29.3 Å². The van der Waals surface area contributed by atoms with E-state index in [9.17, 15) is 4.79 Å². The summed E-state index contributed by atoms with van der Waals surface area (Å²) in [4.78, 5) is 16.5. The summed E-state index contributed by atoms with van der Waals surface area (Å²) in [5.74, 6) is 1.36. The second-order valence-electron chi connectivity index (χ2n) is 6.68. The molecule has 0 fully saturated rings. The number of hydrogen-bond donors (Lipinski definition) is 1. The van der Waals surface area contributed by atoms with Crippen LogP contribution in [0.1, 0.15) is 23.1 Å². The Labute approximate surface area is 159 Å². The van der Waals surface area contributed by atoms with E-state index in [0.717, 1.165) is 35.2 Å². The van der Waals surface area contributed by atoms with Gasteiger partial charge < -0.3 is 4.42 Å². The summed E-state index contributed by atoms with van der Waals surface area (Å²) in [6.45, 7) is 0. The van der Waals surface area contributed by atoms with Gasteiger partial charge in [-0.25, -0.2) is 9.78 Å². The van der Waals surface area contributed by atoms with Gasteiger partial charge in [0.1, 0.15) is 5.58 Å². The summed E-state index contributed by atoms with van der Waals surface area (Å²) >= 11 is 1.51. The first-order chi connectivity index (χ1) is 13.3. The Hall–Kier alpha value is -2.86. The molecule has 5 nitrogen and oxygen atoms in total. The molecule has 0 spiro atoms. The first-order valence-electron chi connectivity index (χ1n) is 8.95. The van der Waals surface area contributed by atoms with Crippen LogP contribution in [-0.2, 0) is 18.6 Å². The van der Waals surface area contributed by atoms with Crippen LogP contribution in [-0.4, -0.2) is 15.2 Å². The third-order valence-electron chi connectivity index (χ3n) is 4.91. The van der Waals surface area contributed by atoms with Crippen molar-refractivity contribution < 1.29 is 4.42 Å². The molecular formula is C21H17N3O2S. The number of H-pyrrole nitrogens is 1. The normalized spacial score (nSPS) is 13.2. The molecule has 5 rings (SSSR count). The van der Waals surface area contributed by atoms with Crippen molar-refractivity contribution in [2.24, 2.45) is 0 Å². The Morgan fingerprint density at radius 3 is 2.74 bits per heavy atom. The molecule has 1 N–H and O–H groups in total. The van der Waals surface area contributed by atoms with Crippen molar-refractivity contribution in [1.82, 2.24) is 15.2 Å². The van der Waals surface area contributed by atoms with Gasteiger partial charge in [-0.2, -0.15) is 0 Å². The molecule has 2 aromatic carbocycles. The summed E-state index contributed by atoms with van der Waals surface area (Å²) in [7, 11) is 0. The summed E-state index contributed by atoms with van der Waals surface area (Å²) < 4.78 is 5.44. The highest BCUT2D eigenvalue weighted by molar-refractivity contribution is 7.98. The van der Waals surface area contributed by atoms with Gasteiger partial charge in [-0.05, 0) is 48.1 Å². The van der Waals surface area contributed by atoms with Gasteiger partial charge in [-0.1, -0.05) is 42.1 Å². The maximum Gasteiger partial charge on any atom is 0.336 e. The van der Waals surface area contributed by atoms with Crippen LogP contribution in [0, 0.1) is 0 Å². The highest BCUT2D eigenvalue weighted by atomic mass is 32.2. The fourth-order valence-electron chi connectivity index (χ4n) is 3.59. The van der Waals surface area contributed by atoms with Crippen molar-refractivity contribution in [3.8, 4) is 11.4 Å². The molecule has 134 valence electrons. The quantitative estimate of drug-likeness (QED) is 0.424. The first kappa shape index (κ1) is 16.3. The number of hydrogen-bond acceptors (Lipinski definition) is 5. The molecule has 0 atom stereocenters. The van der Waals surface area contributed by atoms with E-state index in [4.69, 9.17) is 4.42 Å². The fraction of sp³-hybridized carbons (Fsp3) is 0.190. The van der Waals surface area contributed by atoms with Crippen LogP contribution in [0.2, 0.25) is 0 Å². The monoisotopic (exact) mass is 375 g/mol. The molecule has 1 aliphatic rings. The molecule has 6 heteroatoms. The Balaban J connectivity index is 1.44. The van der Waals surface area contributed by atoms with Crippen LogP contribution in [0.4, 0.5) is 0 Å². The van der Waals surface area contributed by atoms with Gasteiger partial charge in [0.2, 0.25) is 5.16 Å². The van der Waals surface area contributed by atoms with Crippen molar-refractivity contribution >= 4 is 22.7 Å². The van der Waals surface area contributed by atoms with Crippen molar-refractivity contribution in [2.45, 2.75) is 30.2 Å². The van der Waals surface area contributed by atoms with Crippen LogP contribution >= 0.6 is 11.8 Å². The van der Waals surface area contributed by atoms with Crippen molar-refractivity contribution in [2.75, 3.05) is 0 Å². The number of benzene rings is 2. The summed E-state index contributed by atoms with van der Waals surface area (Å²) in [5.41, 5.74) is 5.00. The zero-order valence-electron chi connectivity index (χ0n) is 14.6. The summed E-state index contributed by atoms with van der Waals surface area (Å²) in [6.07, 6.45) is 3.32. The fourth-order valence-corrected chi connectivity index (χ4v) is 4.38. The average Bonchev–Trinajstić information content (AvgIpc) is 3.34. The smallest absolute Gasteiger partial charge is 0.336 e. The molecule has 0 saturated carbocycles. The minimum atomic E-state index is -0.309. The lowest BCUT2D eigenvalue weighted by atomic mass is 10.0. The minimum Gasteiger partial charge on any atom is -0.423 e. The number of fused-ring (bicyclic) bond motifs is 2. The number of nitrogens with zero attached hydrogens (tertiary/aromatic N) is 2. The van der Waals surface area contributed by atoms with Gasteiger partial charge in [0.15, 0.2) is 5.82 Å². The van der Waals surface area contributed by atoms with Gasteiger partial charge in [-0.3, -0.25) is 5.10 Å². The van der Waals surface area contributed by atoms with E-state index >= 15 is 0 Å². The Bertz CT molecular complexity index is 1180. The highest BCUT2D eigenvalue weighted by Gasteiger charge is 2.16. The zero-order chi connectivity index (χ0) is 18.2. The lowest BCUT2D eigenvalue weighted by Crippen LogP contribution is -2.01. The van der Waals surface area contributed by atoms with Crippen LogP contribution in [0.5, 0.6) is 0 Å². The Morgan fingerprint density at radius 2 is 1.89 bits per heavy atom. The number of nitrogens with one attached hydrogen (secondary N) is 1. The third-order valence-corrected chi connectivity index (χ3v) is 5.81. The van der Waals surface area contributed by atoms with Crippen LogP contribution in [0.3, 0.4) is 0 Å². The molecule has 0 amide bonds. The highest BCUT2D eigenvalue weighted by Crippen LogP contribution is 2.31. The molecule has 0 aliphatic heterocycles. The van der Waals surface area contributed by atoms with Crippen LogP contribution < -0.4 is 5.63 Å². The predicted molar refractivity (Wildman–Crippen MR) is 106 cm³/mol. The maximum atomic E-state index is 12.0. The molecule has 0 saturated heterocycles. The van der Waals surface area contributed by atoms with Gasteiger partial charge >= 0.3 is 5.63 Å². The van der Waals surface area contributed by atoms with Gasteiger partial charge in [0, 0.05) is 22.8 Å². The van der Waals surface area contributed by atoms with E-state index in [1.807, 2.05) is 36.4 Å². The largest absolute Gasteiger partial charge is 0.423 e. The van der Waals surface area contributed by atoms with E-state index in [0.29, 0.717) is 16.5 Å². The number of rotatable bonds is 4. The number of aromatic amines is 1. The lowest BCUT2D eigenvalue weighted by Gasteiger charge is -2.07. The standard InChI is InChI=1S/C21H17N3O2S/c25-19-11-16(17-9-14-7-4-8-15(14)10-18(17)26-19)12-27-21-22-20(23-24-21)13-5-2-1-3-6-13/h1-3,5-6,9-11H,4,7-8,12H2,(H,22,23,24). The minimum absolute atomic E-state index is 0.309. The Kier molecular flexibility index (Phi) is 4.05. The number of aryl methyl sites for hydroxylation is 2. The SMILES string of the molecule is O=c1cc(CSc2n[nH]c(-c3ccccc3)n2)c2cc3c(cc2o1)CCC3. The van der Waals surface area contributed by atoms with E-state index in [-0.39, 0.29) is 5.63 Å². The third kappa shape index (κ3) is 3.17. The van der Waals surface area contributed by atoms with Gasteiger partial charge in [0.05, 0.1) is 0 Å². The molecule has 27 heavy (non-hydrogen) atoms. The molecule has 4 aromatic rings. The predicted octanol–water partition coefficient (Wildman–Crippen LogP) is 4.36. The number of aromatic nitrogens is 3. The molecule has 0 bridgehead atoms. The summed E-state index contributed by atoms with van der Waals surface area (Å²) in [6, 6.07) is 15.7. The second kappa shape index (κ2) is 6.70. The van der Waals surface area contributed by atoms with Crippen molar-refractivity contribution in [1.29, 1.82) is 0 Å². The molecular weight excluding hydrogens is 358 g/mol. The number of thioether (sulfide) groups is 1. The molecule has 0 unspecified atom stereocenters. The molecule has 1 aliphatic carbocycles. The zero-order valence-corrected chi connectivity index (χ0v) is 15.4. The van der Waals surface area contributed by atoms with Crippen LogP contribution in [0.25, 0.3) is 22.4 Å². The first-order valence-corrected chi connectivity index (χ1v) is 9.94. The van der Waals surface area contributed by atoms with Crippen molar-refractivity contribution in [3.63, 3.8) is 0 Å².